The molecule has 0 saturated heterocycles. The SMILES string of the molecule is CCOc1ccc(NC(=O)C(Cc2ccc(CC)cc2)c2nn[nH]n2)cc1. The second-order valence-corrected chi connectivity index (χ2v) is 6.14. The van der Waals surface area contributed by atoms with Crippen LogP contribution in [-0.2, 0) is 17.6 Å². The lowest BCUT2D eigenvalue weighted by Crippen LogP contribution is -2.24. The molecule has 1 unspecified atom stereocenters. The highest BCUT2D eigenvalue weighted by Crippen LogP contribution is 2.22. The predicted molar refractivity (Wildman–Crippen MR) is 103 cm³/mol. The monoisotopic (exact) mass is 365 g/mol. The van der Waals surface area contributed by atoms with Gasteiger partial charge in [0, 0.05) is 5.69 Å². The number of rotatable bonds is 8. The molecule has 0 aliphatic rings. The van der Waals surface area contributed by atoms with E-state index < -0.39 is 5.92 Å². The van der Waals surface area contributed by atoms with Crippen molar-refractivity contribution in [2.75, 3.05) is 11.9 Å². The Kier molecular flexibility index (Phi) is 6.14. The summed E-state index contributed by atoms with van der Waals surface area (Å²) in [6, 6.07) is 15.5. The van der Waals surface area contributed by atoms with Gasteiger partial charge in [0.1, 0.15) is 11.7 Å². The normalized spacial score (nSPS) is 11.8. The molecule has 0 fully saturated rings. The fourth-order valence-corrected chi connectivity index (χ4v) is 2.80. The van der Waals surface area contributed by atoms with E-state index in [1.165, 1.54) is 5.56 Å². The number of nitrogens with one attached hydrogen (secondary N) is 2. The van der Waals surface area contributed by atoms with Crippen molar-refractivity contribution in [2.45, 2.75) is 32.6 Å². The van der Waals surface area contributed by atoms with Crippen molar-refractivity contribution < 1.29 is 9.53 Å². The predicted octanol–water partition coefficient (Wildman–Crippen LogP) is 3.13. The third-order valence-electron chi connectivity index (χ3n) is 4.29. The van der Waals surface area contributed by atoms with Gasteiger partial charge in [-0.2, -0.15) is 5.21 Å². The third-order valence-corrected chi connectivity index (χ3v) is 4.29. The Morgan fingerprint density at radius 1 is 1.07 bits per heavy atom. The van der Waals surface area contributed by atoms with Crippen molar-refractivity contribution in [3.63, 3.8) is 0 Å². The van der Waals surface area contributed by atoms with Crippen LogP contribution in [0.3, 0.4) is 0 Å². The molecule has 3 aromatic rings. The number of nitrogens with zero attached hydrogens (tertiary/aromatic N) is 3. The summed E-state index contributed by atoms with van der Waals surface area (Å²) in [5, 5.41) is 17.0. The topological polar surface area (TPSA) is 92.8 Å². The number of amides is 1. The quantitative estimate of drug-likeness (QED) is 0.640. The van der Waals surface area contributed by atoms with Gasteiger partial charge in [0.2, 0.25) is 5.91 Å². The molecule has 1 atom stereocenters. The van der Waals surface area contributed by atoms with Crippen molar-refractivity contribution in [1.82, 2.24) is 20.6 Å². The van der Waals surface area contributed by atoms with Crippen molar-refractivity contribution in [2.24, 2.45) is 0 Å². The number of carbonyl (C=O) groups excluding carboxylic acids is 1. The summed E-state index contributed by atoms with van der Waals surface area (Å²) < 4.78 is 5.42. The zero-order chi connectivity index (χ0) is 19.1. The van der Waals surface area contributed by atoms with E-state index in [2.05, 4.69) is 45.0 Å². The molecule has 0 radical (unpaired) electrons. The Bertz CT molecular complexity index is 845. The molecular formula is C20H23N5O2. The number of anilines is 1. The van der Waals surface area contributed by atoms with Crippen LogP contribution in [0.2, 0.25) is 0 Å². The molecule has 1 heterocycles. The smallest absolute Gasteiger partial charge is 0.235 e. The van der Waals surface area contributed by atoms with Crippen molar-refractivity contribution in [3.8, 4) is 5.75 Å². The van der Waals surface area contributed by atoms with Gasteiger partial charge in [-0.05, 0) is 55.2 Å². The molecule has 0 spiro atoms. The van der Waals surface area contributed by atoms with E-state index >= 15 is 0 Å². The maximum Gasteiger partial charge on any atom is 0.235 e. The minimum atomic E-state index is -0.539. The van der Waals surface area contributed by atoms with Crippen molar-refractivity contribution >= 4 is 11.6 Å². The average Bonchev–Trinajstić information content (AvgIpc) is 3.22. The number of benzene rings is 2. The highest BCUT2D eigenvalue weighted by Gasteiger charge is 2.25. The number of ether oxygens (including phenoxy) is 1. The van der Waals surface area contributed by atoms with Gasteiger partial charge < -0.3 is 10.1 Å². The van der Waals surface area contributed by atoms with Crippen LogP contribution in [0.4, 0.5) is 5.69 Å². The summed E-state index contributed by atoms with van der Waals surface area (Å²) in [4.78, 5) is 12.9. The number of aromatic amines is 1. The molecule has 2 N–H and O–H groups in total. The molecular weight excluding hydrogens is 342 g/mol. The van der Waals surface area contributed by atoms with Gasteiger partial charge in [-0.25, -0.2) is 0 Å². The van der Waals surface area contributed by atoms with Crippen LogP contribution < -0.4 is 10.1 Å². The summed E-state index contributed by atoms with van der Waals surface area (Å²) in [7, 11) is 0. The number of aromatic nitrogens is 4. The van der Waals surface area contributed by atoms with E-state index in [1.54, 1.807) is 0 Å². The largest absolute Gasteiger partial charge is 0.494 e. The van der Waals surface area contributed by atoms with E-state index in [4.69, 9.17) is 4.74 Å². The second-order valence-electron chi connectivity index (χ2n) is 6.14. The standard InChI is InChI=1S/C20H23N5O2/c1-3-14-5-7-15(8-6-14)13-18(19-22-24-25-23-19)20(26)21-16-9-11-17(12-10-16)27-4-2/h5-12,18H,3-4,13H2,1-2H3,(H,21,26)(H,22,23,24,25). The molecule has 0 aliphatic heterocycles. The fraction of sp³-hybridized carbons (Fsp3) is 0.300. The molecule has 0 bridgehead atoms. The van der Waals surface area contributed by atoms with Crippen LogP contribution in [0.15, 0.2) is 48.5 Å². The van der Waals surface area contributed by atoms with Crippen LogP contribution >= 0.6 is 0 Å². The minimum Gasteiger partial charge on any atom is -0.494 e. The number of carbonyl (C=O) groups is 1. The van der Waals surface area contributed by atoms with Gasteiger partial charge in [0.25, 0.3) is 0 Å². The van der Waals surface area contributed by atoms with Gasteiger partial charge >= 0.3 is 0 Å². The van der Waals surface area contributed by atoms with Crippen LogP contribution in [0, 0.1) is 0 Å². The lowest BCUT2D eigenvalue weighted by Gasteiger charge is -2.14. The maximum absolute atomic E-state index is 12.9. The van der Waals surface area contributed by atoms with E-state index in [0.29, 0.717) is 24.5 Å². The number of tetrazole rings is 1. The third kappa shape index (κ3) is 4.91. The first kappa shape index (κ1) is 18.6. The van der Waals surface area contributed by atoms with Gasteiger partial charge in [0.05, 0.1) is 6.61 Å². The van der Waals surface area contributed by atoms with Crippen LogP contribution in [0.1, 0.15) is 36.7 Å². The first-order valence-electron chi connectivity index (χ1n) is 9.04. The second kappa shape index (κ2) is 8.93. The Morgan fingerprint density at radius 3 is 2.37 bits per heavy atom. The molecule has 1 amide bonds. The first-order chi connectivity index (χ1) is 13.2. The lowest BCUT2D eigenvalue weighted by molar-refractivity contribution is -0.117. The molecule has 0 aliphatic carbocycles. The van der Waals surface area contributed by atoms with E-state index in [9.17, 15) is 4.79 Å². The Morgan fingerprint density at radius 2 is 1.78 bits per heavy atom. The van der Waals surface area contributed by atoms with E-state index in [1.807, 2.05) is 43.3 Å². The van der Waals surface area contributed by atoms with Crippen molar-refractivity contribution in [1.29, 1.82) is 0 Å². The number of H-pyrrole nitrogens is 1. The molecule has 7 heteroatoms. The Labute approximate surface area is 158 Å². The Hall–Kier alpha value is -3.22. The number of aryl methyl sites for hydroxylation is 1. The van der Waals surface area contributed by atoms with E-state index in [-0.39, 0.29) is 5.91 Å². The van der Waals surface area contributed by atoms with Gasteiger partial charge in [0.15, 0.2) is 5.82 Å². The summed E-state index contributed by atoms with van der Waals surface area (Å²) in [6.07, 6.45) is 1.47. The van der Waals surface area contributed by atoms with Crippen LogP contribution in [-0.4, -0.2) is 33.1 Å². The lowest BCUT2D eigenvalue weighted by atomic mass is 9.96. The van der Waals surface area contributed by atoms with Crippen molar-refractivity contribution in [3.05, 3.63) is 65.5 Å². The molecule has 1 aromatic heterocycles. The summed E-state index contributed by atoms with van der Waals surface area (Å²) in [5.41, 5.74) is 3.00. The highest BCUT2D eigenvalue weighted by molar-refractivity contribution is 5.95. The average molecular weight is 365 g/mol. The summed E-state index contributed by atoms with van der Waals surface area (Å²) >= 11 is 0. The van der Waals surface area contributed by atoms with Crippen LogP contribution in [0.25, 0.3) is 0 Å². The van der Waals surface area contributed by atoms with Gasteiger partial charge in [-0.3, -0.25) is 4.79 Å². The van der Waals surface area contributed by atoms with Gasteiger partial charge in [-0.1, -0.05) is 36.4 Å². The van der Waals surface area contributed by atoms with E-state index in [0.717, 1.165) is 17.7 Å². The highest BCUT2D eigenvalue weighted by atomic mass is 16.5. The molecule has 3 rings (SSSR count). The maximum atomic E-state index is 12.9. The number of hydrogen-bond acceptors (Lipinski definition) is 5. The minimum absolute atomic E-state index is 0.180. The van der Waals surface area contributed by atoms with Gasteiger partial charge in [-0.15, -0.1) is 10.2 Å². The molecule has 140 valence electrons. The summed E-state index contributed by atoms with van der Waals surface area (Å²) in [5.74, 6) is 0.419. The first-order valence-corrected chi connectivity index (χ1v) is 9.04. The number of hydrogen-bond donors (Lipinski definition) is 2. The fourth-order valence-electron chi connectivity index (χ4n) is 2.80. The summed E-state index contributed by atoms with van der Waals surface area (Å²) in [6.45, 7) is 4.64. The molecule has 0 saturated carbocycles. The zero-order valence-corrected chi connectivity index (χ0v) is 15.5. The molecule has 27 heavy (non-hydrogen) atoms. The molecule has 7 nitrogen and oxygen atoms in total. The Balaban J connectivity index is 1.74. The zero-order valence-electron chi connectivity index (χ0n) is 15.5. The molecule has 2 aromatic carbocycles. The van der Waals surface area contributed by atoms with Crippen LogP contribution in [0.5, 0.6) is 5.75 Å².